The molecule has 0 aliphatic carbocycles. The molecule has 0 saturated heterocycles. The van der Waals surface area contributed by atoms with Crippen molar-refractivity contribution in [2.45, 2.75) is 12.7 Å². The lowest BCUT2D eigenvalue weighted by Gasteiger charge is -2.09. The second-order valence-corrected chi connectivity index (χ2v) is 5.58. The molecule has 88 valence electrons. The van der Waals surface area contributed by atoms with Gasteiger partial charge in [-0.15, -0.1) is 11.3 Å². The summed E-state index contributed by atoms with van der Waals surface area (Å²) in [6.07, 6.45) is 0.129. The maximum atomic E-state index is 5.95. The molecule has 0 saturated carbocycles. The van der Waals surface area contributed by atoms with Crippen LogP contribution in [0.4, 0.5) is 0 Å². The van der Waals surface area contributed by atoms with Crippen molar-refractivity contribution >= 4 is 22.1 Å². The van der Waals surface area contributed by atoms with E-state index in [0.717, 1.165) is 6.61 Å². The van der Waals surface area contributed by atoms with E-state index in [-0.39, 0.29) is 6.10 Å². The molecule has 1 unspecified atom stereocenters. The average molecular weight is 252 g/mol. The Morgan fingerprint density at radius 2 is 1.83 bits per heavy atom. The molecule has 0 bridgehead atoms. The summed E-state index contributed by atoms with van der Waals surface area (Å²) < 4.78 is 5.95. The maximum Gasteiger partial charge on any atom is 0.117 e. The molecule has 1 aliphatic heterocycles. The van der Waals surface area contributed by atoms with Crippen LogP contribution in [0.3, 0.4) is 0 Å². The Bertz CT molecular complexity index is 700. The highest BCUT2D eigenvalue weighted by Gasteiger charge is 2.25. The summed E-state index contributed by atoms with van der Waals surface area (Å²) in [6.45, 7) is 0.725. The van der Waals surface area contributed by atoms with Gasteiger partial charge in [-0.25, -0.2) is 0 Å². The largest absolute Gasteiger partial charge is 0.363 e. The smallest absolute Gasteiger partial charge is 0.117 e. The number of ether oxygens (including phenoxy) is 1. The van der Waals surface area contributed by atoms with E-state index in [9.17, 15) is 0 Å². The fraction of sp³-hybridized carbons (Fsp3) is 0.125. The second kappa shape index (κ2) is 3.94. The van der Waals surface area contributed by atoms with Crippen molar-refractivity contribution in [1.29, 1.82) is 0 Å². The summed E-state index contributed by atoms with van der Waals surface area (Å²) in [5.41, 5.74) is 2.66. The number of benzene rings is 2. The number of rotatable bonds is 1. The molecule has 0 radical (unpaired) electrons. The molecular weight excluding hydrogens is 240 g/mol. The number of thiophene rings is 1. The quantitative estimate of drug-likeness (QED) is 0.618. The van der Waals surface area contributed by atoms with Crippen LogP contribution in [0.5, 0.6) is 0 Å². The first-order chi connectivity index (χ1) is 8.92. The van der Waals surface area contributed by atoms with E-state index in [2.05, 4.69) is 53.9 Å². The zero-order valence-electron chi connectivity index (χ0n) is 9.80. The summed E-state index contributed by atoms with van der Waals surface area (Å²) in [5, 5.41) is 4.70. The van der Waals surface area contributed by atoms with Gasteiger partial charge in [0.1, 0.15) is 6.10 Å². The molecular formula is C16H12OS. The van der Waals surface area contributed by atoms with Gasteiger partial charge in [0.15, 0.2) is 0 Å². The Kier molecular flexibility index (Phi) is 2.25. The molecule has 3 aromatic rings. The third kappa shape index (κ3) is 1.50. The van der Waals surface area contributed by atoms with Crippen LogP contribution in [-0.2, 0) is 11.3 Å². The van der Waals surface area contributed by atoms with Gasteiger partial charge >= 0.3 is 0 Å². The van der Waals surface area contributed by atoms with Gasteiger partial charge in [-0.2, -0.15) is 0 Å². The van der Waals surface area contributed by atoms with Crippen LogP contribution in [-0.4, -0.2) is 0 Å². The molecule has 0 fully saturated rings. The van der Waals surface area contributed by atoms with E-state index in [4.69, 9.17) is 4.74 Å². The highest BCUT2D eigenvalue weighted by Crippen LogP contribution is 2.39. The van der Waals surface area contributed by atoms with E-state index in [1.807, 2.05) is 0 Å². The minimum Gasteiger partial charge on any atom is -0.363 e. The molecule has 4 rings (SSSR count). The van der Waals surface area contributed by atoms with E-state index in [0.29, 0.717) is 0 Å². The van der Waals surface area contributed by atoms with Crippen molar-refractivity contribution in [3.63, 3.8) is 0 Å². The van der Waals surface area contributed by atoms with E-state index >= 15 is 0 Å². The minimum atomic E-state index is 0.129. The van der Waals surface area contributed by atoms with Crippen LogP contribution in [0, 0.1) is 0 Å². The van der Waals surface area contributed by atoms with Crippen LogP contribution < -0.4 is 0 Å². The SMILES string of the molecule is c1csc(C2OCc3cc4ccccc4cc32)c1. The van der Waals surface area contributed by atoms with Crippen LogP contribution in [0.1, 0.15) is 22.1 Å². The Hall–Kier alpha value is -1.64. The Morgan fingerprint density at radius 1 is 1.00 bits per heavy atom. The topological polar surface area (TPSA) is 9.23 Å². The zero-order chi connectivity index (χ0) is 11.9. The molecule has 2 heteroatoms. The lowest BCUT2D eigenvalue weighted by Crippen LogP contribution is -1.95. The normalized spacial score (nSPS) is 18.1. The van der Waals surface area contributed by atoms with Gasteiger partial charge in [-0.05, 0) is 45.5 Å². The number of fused-ring (bicyclic) bond motifs is 2. The van der Waals surface area contributed by atoms with Gasteiger partial charge < -0.3 is 4.74 Å². The molecule has 1 atom stereocenters. The Balaban J connectivity index is 1.91. The lowest BCUT2D eigenvalue weighted by atomic mass is 9.99. The van der Waals surface area contributed by atoms with Gasteiger partial charge in [0.2, 0.25) is 0 Å². The molecule has 0 spiro atoms. The minimum absolute atomic E-state index is 0.129. The van der Waals surface area contributed by atoms with Gasteiger partial charge in [0.05, 0.1) is 6.61 Å². The molecule has 2 heterocycles. The van der Waals surface area contributed by atoms with E-state index in [1.54, 1.807) is 11.3 Å². The first kappa shape index (κ1) is 10.3. The standard InChI is InChI=1S/C16H12OS/c1-2-5-12-9-14-13(8-11(12)4-1)10-17-16(14)15-6-3-7-18-15/h1-9,16H,10H2. The molecule has 2 aromatic carbocycles. The molecule has 1 aliphatic rings. The second-order valence-electron chi connectivity index (χ2n) is 4.60. The van der Waals surface area contributed by atoms with Crippen molar-refractivity contribution in [1.82, 2.24) is 0 Å². The third-order valence-electron chi connectivity index (χ3n) is 3.50. The van der Waals surface area contributed by atoms with Crippen LogP contribution >= 0.6 is 11.3 Å². The summed E-state index contributed by atoms with van der Waals surface area (Å²) >= 11 is 1.76. The maximum absolute atomic E-state index is 5.95. The molecule has 1 nitrogen and oxygen atoms in total. The van der Waals surface area contributed by atoms with E-state index < -0.39 is 0 Å². The zero-order valence-corrected chi connectivity index (χ0v) is 10.6. The molecule has 18 heavy (non-hydrogen) atoms. The highest BCUT2D eigenvalue weighted by molar-refractivity contribution is 7.10. The van der Waals surface area contributed by atoms with E-state index in [1.165, 1.54) is 26.8 Å². The van der Waals surface area contributed by atoms with Gasteiger partial charge in [-0.1, -0.05) is 30.3 Å². The summed E-state index contributed by atoms with van der Waals surface area (Å²) in [4.78, 5) is 1.30. The first-order valence-corrected chi connectivity index (χ1v) is 6.96. The van der Waals surface area contributed by atoms with Gasteiger partial charge in [0.25, 0.3) is 0 Å². The van der Waals surface area contributed by atoms with Crippen LogP contribution in [0.2, 0.25) is 0 Å². The predicted octanol–water partition coefficient (Wildman–Crippen LogP) is 4.52. The third-order valence-corrected chi connectivity index (χ3v) is 4.41. The monoisotopic (exact) mass is 252 g/mol. The summed E-state index contributed by atoms with van der Waals surface area (Å²) in [7, 11) is 0. The van der Waals surface area contributed by atoms with Crippen LogP contribution in [0.15, 0.2) is 53.9 Å². The molecule has 1 aromatic heterocycles. The Morgan fingerprint density at radius 3 is 2.61 bits per heavy atom. The van der Waals surface area contributed by atoms with Gasteiger partial charge in [-0.3, -0.25) is 0 Å². The van der Waals surface area contributed by atoms with Gasteiger partial charge in [0, 0.05) is 4.88 Å². The Labute approximate surface area is 110 Å². The van der Waals surface area contributed by atoms with Crippen LogP contribution in [0.25, 0.3) is 10.8 Å². The fourth-order valence-electron chi connectivity index (χ4n) is 2.61. The van der Waals surface area contributed by atoms with Crippen molar-refractivity contribution in [3.05, 3.63) is 69.9 Å². The average Bonchev–Trinajstić information content (AvgIpc) is 3.04. The first-order valence-electron chi connectivity index (χ1n) is 6.08. The van der Waals surface area contributed by atoms with Crippen molar-refractivity contribution in [2.75, 3.05) is 0 Å². The highest BCUT2D eigenvalue weighted by atomic mass is 32.1. The number of hydrogen-bond donors (Lipinski definition) is 0. The fourth-order valence-corrected chi connectivity index (χ4v) is 3.40. The van der Waals surface area contributed by atoms with Crippen molar-refractivity contribution in [2.24, 2.45) is 0 Å². The number of hydrogen-bond acceptors (Lipinski definition) is 2. The lowest BCUT2D eigenvalue weighted by molar-refractivity contribution is 0.0963. The molecule has 0 N–H and O–H groups in total. The molecule has 0 amide bonds. The summed E-state index contributed by atoms with van der Waals surface area (Å²) in [6, 6.07) is 17.3. The van der Waals surface area contributed by atoms with Crippen molar-refractivity contribution < 1.29 is 4.74 Å². The van der Waals surface area contributed by atoms with Crippen molar-refractivity contribution in [3.8, 4) is 0 Å². The summed E-state index contributed by atoms with van der Waals surface area (Å²) in [5.74, 6) is 0. The predicted molar refractivity (Wildman–Crippen MR) is 74.9 cm³/mol.